The maximum Gasteiger partial charge on any atom is 0.253 e. The largest absolute Gasteiger partial charge is 0.508 e. The van der Waals surface area contributed by atoms with E-state index >= 15 is 0 Å². The van der Waals surface area contributed by atoms with Gasteiger partial charge in [0.15, 0.2) is 0 Å². The van der Waals surface area contributed by atoms with Crippen LogP contribution >= 0.6 is 0 Å². The molecule has 4 heteroatoms. The lowest BCUT2D eigenvalue weighted by Crippen LogP contribution is -2.26. The molecule has 1 N–H and O–H groups in total. The van der Waals surface area contributed by atoms with Crippen molar-refractivity contribution in [2.45, 2.75) is 20.4 Å². The van der Waals surface area contributed by atoms with Gasteiger partial charge >= 0.3 is 0 Å². The first-order valence-electron chi connectivity index (χ1n) is 8.31. The number of benzene rings is 2. The van der Waals surface area contributed by atoms with Crippen LogP contribution in [0.25, 0.3) is 11.3 Å². The number of para-hydroxylation sites is 1. The maximum atomic E-state index is 12.5. The molecular weight excluding hydrogens is 314 g/mol. The summed E-state index contributed by atoms with van der Waals surface area (Å²) in [5.41, 5.74) is 2.24. The lowest BCUT2D eigenvalue weighted by molar-refractivity contribution is 0.0784. The SMILES string of the molecule is CC.CN(Cc1ccccc1O)C(=O)c1ccc(-c2ccco2)cc1. The van der Waals surface area contributed by atoms with Crippen molar-refractivity contribution in [2.75, 3.05) is 7.05 Å². The molecule has 0 saturated carbocycles. The highest BCUT2D eigenvalue weighted by molar-refractivity contribution is 5.94. The Bertz CT molecular complexity index is 792. The number of carbonyl (C=O) groups excluding carboxylic acids is 1. The highest BCUT2D eigenvalue weighted by Crippen LogP contribution is 2.21. The Morgan fingerprint density at radius 2 is 1.68 bits per heavy atom. The van der Waals surface area contributed by atoms with Gasteiger partial charge in [0.1, 0.15) is 11.5 Å². The van der Waals surface area contributed by atoms with Gasteiger partial charge in [0.25, 0.3) is 5.91 Å². The molecule has 0 bridgehead atoms. The number of carbonyl (C=O) groups is 1. The van der Waals surface area contributed by atoms with Gasteiger partial charge in [-0.3, -0.25) is 4.79 Å². The fourth-order valence-corrected chi connectivity index (χ4v) is 2.41. The highest BCUT2D eigenvalue weighted by atomic mass is 16.3. The summed E-state index contributed by atoms with van der Waals surface area (Å²) < 4.78 is 5.34. The quantitative estimate of drug-likeness (QED) is 0.733. The van der Waals surface area contributed by atoms with Gasteiger partial charge in [0.05, 0.1) is 6.26 Å². The molecule has 0 atom stereocenters. The van der Waals surface area contributed by atoms with Gasteiger partial charge in [0.2, 0.25) is 0 Å². The standard InChI is InChI=1S/C19H17NO3.C2H6/c1-20(13-16-5-2-3-6-17(16)21)19(22)15-10-8-14(9-11-15)18-7-4-12-23-18;1-2/h2-12,21H,13H2,1H3;1-2H3. The third-order valence-electron chi connectivity index (χ3n) is 3.68. The first kappa shape index (κ1) is 18.3. The zero-order valence-corrected chi connectivity index (χ0v) is 14.8. The topological polar surface area (TPSA) is 53.7 Å². The van der Waals surface area contributed by atoms with Crippen LogP contribution in [-0.4, -0.2) is 23.0 Å². The van der Waals surface area contributed by atoms with E-state index in [0.29, 0.717) is 12.1 Å². The second-order valence-corrected chi connectivity index (χ2v) is 5.34. The molecule has 0 unspecified atom stereocenters. The molecule has 130 valence electrons. The van der Waals surface area contributed by atoms with Crippen molar-refractivity contribution in [3.05, 3.63) is 78.1 Å². The van der Waals surface area contributed by atoms with E-state index in [-0.39, 0.29) is 11.7 Å². The van der Waals surface area contributed by atoms with E-state index in [1.54, 1.807) is 48.5 Å². The zero-order chi connectivity index (χ0) is 18.2. The minimum Gasteiger partial charge on any atom is -0.508 e. The van der Waals surface area contributed by atoms with Crippen molar-refractivity contribution >= 4 is 5.91 Å². The third kappa shape index (κ3) is 4.51. The molecule has 0 aliphatic heterocycles. The summed E-state index contributed by atoms with van der Waals surface area (Å²) in [5, 5.41) is 9.81. The number of amides is 1. The molecule has 0 aliphatic carbocycles. The number of furan rings is 1. The minimum atomic E-state index is -0.0979. The average molecular weight is 337 g/mol. The van der Waals surface area contributed by atoms with Gasteiger partial charge in [-0.1, -0.05) is 44.2 Å². The molecule has 25 heavy (non-hydrogen) atoms. The first-order chi connectivity index (χ1) is 12.1. The number of hydrogen-bond acceptors (Lipinski definition) is 3. The van der Waals surface area contributed by atoms with Crippen LogP contribution in [0.1, 0.15) is 29.8 Å². The number of nitrogens with zero attached hydrogens (tertiary/aromatic N) is 1. The molecular formula is C21H23NO3. The Morgan fingerprint density at radius 3 is 2.28 bits per heavy atom. The van der Waals surface area contributed by atoms with Crippen molar-refractivity contribution in [1.29, 1.82) is 0 Å². The normalized spacial score (nSPS) is 9.88. The van der Waals surface area contributed by atoms with Crippen molar-refractivity contribution in [1.82, 2.24) is 4.90 Å². The molecule has 0 saturated heterocycles. The van der Waals surface area contributed by atoms with Crippen molar-refractivity contribution in [3.63, 3.8) is 0 Å². The molecule has 4 nitrogen and oxygen atoms in total. The van der Waals surface area contributed by atoms with E-state index in [2.05, 4.69) is 0 Å². The van der Waals surface area contributed by atoms with E-state index in [4.69, 9.17) is 4.42 Å². The Kier molecular flexibility index (Phi) is 6.40. The van der Waals surface area contributed by atoms with Gasteiger partial charge in [-0.2, -0.15) is 0 Å². The van der Waals surface area contributed by atoms with Crippen molar-refractivity contribution < 1.29 is 14.3 Å². The molecule has 1 aromatic heterocycles. The van der Waals surface area contributed by atoms with E-state index in [0.717, 1.165) is 16.9 Å². The van der Waals surface area contributed by atoms with E-state index in [9.17, 15) is 9.90 Å². The Labute approximate surface area is 148 Å². The monoisotopic (exact) mass is 337 g/mol. The van der Waals surface area contributed by atoms with Crippen LogP contribution in [0.15, 0.2) is 71.3 Å². The van der Waals surface area contributed by atoms with Crippen LogP contribution in [0.2, 0.25) is 0 Å². The van der Waals surface area contributed by atoms with Gasteiger partial charge in [-0.15, -0.1) is 0 Å². The summed E-state index contributed by atoms with van der Waals surface area (Å²) in [4.78, 5) is 14.1. The molecule has 0 fully saturated rings. The zero-order valence-electron chi connectivity index (χ0n) is 14.8. The van der Waals surface area contributed by atoms with Gasteiger partial charge in [-0.05, 0) is 30.3 Å². The maximum absolute atomic E-state index is 12.5. The second-order valence-electron chi connectivity index (χ2n) is 5.34. The molecule has 0 aliphatic rings. The summed E-state index contributed by atoms with van der Waals surface area (Å²) >= 11 is 0. The molecule has 1 heterocycles. The Morgan fingerprint density at radius 1 is 1.00 bits per heavy atom. The van der Waals surface area contributed by atoms with Crippen LogP contribution in [0.5, 0.6) is 5.75 Å². The molecule has 3 aromatic rings. The van der Waals surface area contributed by atoms with Crippen LogP contribution in [0.4, 0.5) is 0 Å². The lowest BCUT2D eigenvalue weighted by Gasteiger charge is -2.18. The van der Waals surface area contributed by atoms with Crippen LogP contribution < -0.4 is 0 Å². The number of phenolic OH excluding ortho intramolecular Hbond substituents is 1. The molecule has 2 aromatic carbocycles. The van der Waals surface area contributed by atoms with E-state index in [1.165, 1.54) is 0 Å². The number of aromatic hydroxyl groups is 1. The van der Waals surface area contributed by atoms with Gasteiger partial charge in [0, 0.05) is 30.3 Å². The van der Waals surface area contributed by atoms with Gasteiger partial charge in [-0.25, -0.2) is 0 Å². The van der Waals surface area contributed by atoms with E-state index in [1.807, 2.05) is 44.2 Å². The summed E-state index contributed by atoms with van der Waals surface area (Å²) in [6.45, 7) is 4.35. The summed E-state index contributed by atoms with van der Waals surface area (Å²) in [7, 11) is 1.72. The summed E-state index contributed by atoms with van der Waals surface area (Å²) in [5.74, 6) is 0.867. The van der Waals surface area contributed by atoms with Crippen LogP contribution in [-0.2, 0) is 6.54 Å². The average Bonchev–Trinajstić information content (AvgIpc) is 3.19. The summed E-state index contributed by atoms with van der Waals surface area (Å²) in [6, 6.07) is 18.0. The predicted octanol–water partition coefficient (Wildman–Crippen LogP) is 4.95. The van der Waals surface area contributed by atoms with Crippen molar-refractivity contribution in [2.24, 2.45) is 0 Å². The Balaban J connectivity index is 0.00000109. The first-order valence-corrected chi connectivity index (χ1v) is 8.31. The Hall–Kier alpha value is -3.01. The molecule has 0 spiro atoms. The smallest absolute Gasteiger partial charge is 0.253 e. The van der Waals surface area contributed by atoms with Crippen LogP contribution in [0, 0.1) is 0 Å². The fraction of sp³-hybridized carbons (Fsp3) is 0.190. The number of phenols is 1. The molecule has 3 rings (SSSR count). The second kappa shape index (κ2) is 8.73. The molecule has 1 amide bonds. The number of rotatable bonds is 4. The van der Waals surface area contributed by atoms with Gasteiger partial charge < -0.3 is 14.4 Å². The van der Waals surface area contributed by atoms with Crippen LogP contribution in [0.3, 0.4) is 0 Å². The lowest BCUT2D eigenvalue weighted by atomic mass is 10.1. The predicted molar refractivity (Wildman–Crippen MR) is 99.4 cm³/mol. The minimum absolute atomic E-state index is 0.0979. The summed E-state index contributed by atoms with van der Waals surface area (Å²) in [6.07, 6.45) is 1.62. The molecule has 0 radical (unpaired) electrons. The highest BCUT2D eigenvalue weighted by Gasteiger charge is 2.14. The number of hydrogen-bond donors (Lipinski definition) is 1. The van der Waals surface area contributed by atoms with Crippen molar-refractivity contribution in [3.8, 4) is 17.1 Å². The fourth-order valence-electron chi connectivity index (χ4n) is 2.41. The third-order valence-corrected chi connectivity index (χ3v) is 3.68. The van der Waals surface area contributed by atoms with E-state index < -0.39 is 0 Å².